The molecule has 0 radical (unpaired) electrons. The zero-order chi connectivity index (χ0) is 20.0. The number of hydrogen-bond donors (Lipinski definition) is 1. The number of rotatable bonds is 6. The molecule has 0 saturated carbocycles. The number of benzene rings is 1. The zero-order valence-corrected chi connectivity index (χ0v) is 17.2. The van der Waals surface area contributed by atoms with Gasteiger partial charge in [-0.1, -0.05) is 36.0 Å². The number of nitrogens with one attached hydrogen (secondary N) is 1. The van der Waals surface area contributed by atoms with Crippen LogP contribution in [0, 0.1) is 0 Å². The van der Waals surface area contributed by atoms with Gasteiger partial charge in [0, 0.05) is 13.1 Å². The number of sulfonamides is 1. The van der Waals surface area contributed by atoms with Gasteiger partial charge in [-0.2, -0.15) is 4.72 Å². The third-order valence-corrected chi connectivity index (χ3v) is 6.46. The average molecular weight is 437 g/mol. The lowest BCUT2D eigenvalue weighted by atomic mass is 10.2. The van der Waals surface area contributed by atoms with Crippen LogP contribution in [-0.4, -0.2) is 50.9 Å². The molecule has 1 fully saturated rings. The van der Waals surface area contributed by atoms with E-state index >= 15 is 0 Å². The predicted molar refractivity (Wildman–Crippen MR) is 102 cm³/mol. The molecule has 1 aliphatic rings. The molecule has 0 spiro atoms. The lowest BCUT2D eigenvalue weighted by molar-refractivity contribution is -0.153. The number of likely N-dealkylation sites (tertiary alicyclic amines) is 1. The van der Waals surface area contributed by atoms with Gasteiger partial charge in [0.2, 0.25) is 10.0 Å². The van der Waals surface area contributed by atoms with Crippen molar-refractivity contribution in [3.8, 4) is 0 Å². The Hall–Kier alpha value is -1.35. The Morgan fingerprint density at radius 3 is 2.37 bits per heavy atom. The Morgan fingerprint density at radius 2 is 1.78 bits per heavy atom. The number of ether oxygens (including phenoxy) is 1. The van der Waals surface area contributed by atoms with Gasteiger partial charge in [-0.15, -0.1) is 0 Å². The Bertz CT molecular complexity index is 793. The van der Waals surface area contributed by atoms with Gasteiger partial charge in [0.15, 0.2) is 6.61 Å². The molecule has 1 N–H and O–H groups in total. The largest absolute Gasteiger partial charge is 0.454 e. The summed E-state index contributed by atoms with van der Waals surface area (Å²) in [5, 5.41) is 0.299. The normalized spacial score (nSPS) is 16.5. The molecule has 150 valence electrons. The Kier molecular flexibility index (Phi) is 7.91. The smallest absolute Gasteiger partial charge is 0.324 e. The molecule has 1 aromatic carbocycles. The number of carbonyl (C=O) groups is 2. The van der Waals surface area contributed by atoms with E-state index < -0.39 is 28.6 Å². The second-order valence-corrected chi connectivity index (χ2v) is 8.85. The van der Waals surface area contributed by atoms with Gasteiger partial charge in [-0.25, -0.2) is 8.42 Å². The van der Waals surface area contributed by atoms with Crippen LogP contribution in [0.15, 0.2) is 23.1 Å². The third kappa shape index (κ3) is 6.34. The first kappa shape index (κ1) is 21.9. The van der Waals surface area contributed by atoms with E-state index in [2.05, 4.69) is 4.72 Å². The molecule has 1 aromatic rings. The fourth-order valence-corrected chi connectivity index (χ4v) is 4.24. The van der Waals surface area contributed by atoms with Crippen LogP contribution in [-0.2, 0) is 24.3 Å². The first-order chi connectivity index (χ1) is 12.7. The van der Waals surface area contributed by atoms with Crippen LogP contribution in [0.1, 0.15) is 32.6 Å². The fourth-order valence-electron chi connectivity index (χ4n) is 2.66. The fraction of sp³-hybridized carbons (Fsp3) is 0.529. The molecule has 0 aromatic heterocycles. The Morgan fingerprint density at radius 1 is 1.15 bits per heavy atom. The average Bonchev–Trinajstić information content (AvgIpc) is 2.90. The SMILES string of the molecule is C[C@@H](NS(=O)(=O)c1ccc(Cl)c(Cl)c1)C(=O)OCC(=O)N1CCCCCC1. The molecule has 2 rings (SSSR count). The van der Waals surface area contributed by atoms with Crippen LogP contribution in [0.4, 0.5) is 0 Å². The molecule has 1 aliphatic heterocycles. The van der Waals surface area contributed by atoms with Crippen LogP contribution < -0.4 is 4.72 Å². The highest BCUT2D eigenvalue weighted by atomic mass is 35.5. The van der Waals surface area contributed by atoms with Crippen molar-refractivity contribution < 1.29 is 22.7 Å². The van der Waals surface area contributed by atoms with Gasteiger partial charge in [-0.3, -0.25) is 9.59 Å². The van der Waals surface area contributed by atoms with Crippen molar-refractivity contribution in [1.29, 1.82) is 0 Å². The van der Waals surface area contributed by atoms with Gasteiger partial charge in [0.1, 0.15) is 6.04 Å². The van der Waals surface area contributed by atoms with Crippen LogP contribution >= 0.6 is 23.2 Å². The van der Waals surface area contributed by atoms with Crippen LogP contribution in [0.2, 0.25) is 10.0 Å². The molecule has 1 saturated heterocycles. The topological polar surface area (TPSA) is 92.8 Å². The number of amides is 1. The Labute approximate surface area is 169 Å². The summed E-state index contributed by atoms with van der Waals surface area (Å²) in [6, 6.07) is 2.65. The number of carbonyl (C=O) groups excluding carboxylic acids is 2. The van der Waals surface area contributed by atoms with E-state index in [4.69, 9.17) is 27.9 Å². The summed E-state index contributed by atoms with van der Waals surface area (Å²) in [5.74, 6) is -1.11. The first-order valence-corrected chi connectivity index (χ1v) is 10.9. The van der Waals surface area contributed by atoms with Crippen LogP contribution in [0.3, 0.4) is 0 Å². The second kappa shape index (κ2) is 9.73. The maximum Gasteiger partial charge on any atom is 0.324 e. The van der Waals surface area contributed by atoms with E-state index in [1.165, 1.54) is 25.1 Å². The minimum atomic E-state index is -4.00. The minimum absolute atomic E-state index is 0.0813. The predicted octanol–water partition coefficient (Wildman–Crippen LogP) is 2.61. The molecule has 10 heteroatoms. The van der Waals surface area contributed by atoms with Gasteiger partial charge in [-0.05, 0) is 38.0 Å². The van der Waals surface area contributed by atoms with Crippen molar-refractivity contribution in [2.45, 2.75) is 43.5 Å². The molecule has 7 nitrogen and oxygen atoms in total. The van der Waals surface area contributed by atoms with Crippen LogP contribution in [0.25, 0.3) is 0 Å². The summed E-state index contributed by atoms with van der Waals surface area (Å²) in [4.78, 5) is 25.7. The van der Waals surface area contributed by atoms with Crippen molar-refractivity contribution in [2.24, 2.45) is 0 Å². The first-order valence-electron chi connectivity index (χ1n) is 8.62. The van der Waals surface area contributed by atoms with Crippen molar-refractivity contribution in [3.05, 3.63) is 28.2 Å². The standard InChI is InChI=1S/C17H22Cl2N2O5S/c1-12(20-27(24,25)13-6-7-14(18)15(19)10-13)17(23)26-11-16(22)21-8-4-2-3-5-9-21/h6-7,10,12,20H,2-5,8-9,11H2,1H3/t12-/m1/s1. The van der Waals surface area contributed by atoms with Gasteiger partial charge >= 0.3 is 5.97 Å². The number of nitrogens with zero attached hydrogens (tertiary/aromatic N) is 1. The number of esters is 1. The molecule has 1 atom stereocenters. The molecular weight excluding hydrogens is 415 g/mol. The third-order valence-electron chi connectivity index (χ3n) is 4.18. The summed E-state index contributed by atoms with van der Waals surface area (Å²) in [7, 11) is -4.00. The molecule has 1 heterocycles. The second-order valence-electron chi connectivity index (χ2n) is 6.32. The van der Waals surface area contributed by atoms with Gasteiger partial charge < -0.3 is 9.64 Å². The molecular formula is C17H22Cl2N2O5S. The van der Waals surface area contributed by atoms with Gasteiger partial charge in [0.05, 0.1) is 14.9 Å². The maximum atomic E-state index is 12.3. The Balaban J connectivity index is 1.90. The highest BCUT2D eigenvalue weighted by Crippen LogP contribution is 2.24. The van der Waals surface area contributed by atoms with Crippen molar-refractivity contribution in [1.82, 2.24) is 9.62 Å². The van der Waals surface area contributed by atoms with E-state index in [-0.39, 0.29) is 20.8 Å². The maximum absolute atomic E-state index is 12.3. The lowest BCUT2D eigenvalue weighted by Gasteiger charge is -2.20. The number of hydrogen-bond acceptors (Lipinski definition) is 5. The monoisotopic (exact) mass is 436 g/mol. The quantitative estimate of drug-likeness (QED) is 0.691. The molecule has 27 heavy (non-hydrogen) atoms. The van der Waals surface area contributed by atoms with E-state index in [1.54, 1.807) is 4.90 Å². The summed E-state index contributed by atoms with van der Waals surface area (Å²) >= 11 is 11.6. The molecule has 0 bridgehead atoms. The van der Waals surface area contributed by atoms with Crippen molar-refractivity contribution >= 4 is 45.1 Å². The van der Waals surface area contributed by atoms with E-state index in [0.717, 1.165) is 25.7 Å². The molecule has 1 amide bonds. The minimum Gasteiger partial charge on any atom is -0.454 e. The van der Waals surface area contributed by atoms with E-state index in [1.807, 2.05) is 0 Å². The van der Waals surface area contributed by atoms with E-state index in [0.29, 0.717) is 13.1 Å². The van der Waals surface area contributed by atoms with Crippen LogP contribution in [0.5, 0.6) is 0 Å². The summed E-state index contributed by atoms with van der Waals surface area (Å²) in [6.07, 6.45) is 4.02. The highest BCUT2D eigenvalue weighted by Gasteiger charge is 2.25. The lowest BCUT2D eigenvalue weighted by Crippen LogP contribution is -2.41. The number of halogens is 2. The molecule has 0 aliphatic carbocycles. The van der Waals surface area contributed by atoms with E-state index in [9.17, 15) is 18.0 Å². The molecule has 0 unspecified atom stereocenters. The summed E-state index contributed by atoms with van der Waals surface area (Å²) in [6.45, 7) is 2.23. The highest BCUT2D eigenvalue weighted by molar-refractivity contribution is 7.89. The summed E-state index contributed by atoms with van der Waals surface area (Å²) in [5.41, 5.74) is 0. The summed E-state index contributed by atoms with van der Waals surface area (Å²) < 4.78 is 31.9. The van der Waals surface area contributed by atoms with Gasteiger partial charge in [0.25, 0.3) is 5.91 Å². The zero-order valence-electron chi connectivity index (χ0n) is 14.9. The van der Waals surface area contributed by atoms with Crippen molar-refractivity contribution in [3.63, 3.8) is 0 Å². The van der Waals surface area contributed by atoms with Crippen molar-refractivity contribution in [2.75, 3.05) is 19.7 Å².